The van der Waals surface area contributed by atoms with Crippen molar-refractivity contribution in [2.24, 2.45) is 0 Å². The number of carbonyl (C=O) groups excluding carboxylic acids is 1. The van der Waals surface area contributed by atoms with Crippen LogP contribution in [0, 0.1) is 5.82 Å². The maximum atomic E-state index is 13.1. The maximum Gasteiger partial charge on any atom is 0.323 e. The Morgan fingerprint density at radius 3 is 2.44 bits per heavy atom. The average Bonchev–Trinajstić information content (AvgIpc) is 2.65. The monoisotopic (exact) mass is 366 g/mol. The molecule has 0 aliphatic carbocycles. The second-order valence-corrected chi connectivity index (χ2v) is 5.82. The van der Waals surface area contributed by atoms with E-state index in [1.54, 1.807) is 36.4 Å². The zero-order chi connectivity index (χ0) is 19.4. The molecule has 3 rings (SSSR count). The van der Waals surface area contributed by atoms with Crippen LogP contribution in [0.15, 0.2) is 71.7 Å². The summed E-state index contributed by atoms with van der Waals surface area (Å²) in [4.78, 5) is 34.9. The van der Waals surface area contributed by atoms with Gasteiger partial charge in [-0.3, -0.25) is 14.4 Å². The van der Waals surface area contributed by atoms with Gasteiger partial charge in [0.15, 0.2) is 0 Å². The Bertz CT molecular complexity index is 1060. The van der Waals surface area contributed by atoms with Gasteiger partial charge in [0.25, 0.3) is 11.5 Å². The van der Waals surface area contributed by atoms with Gasteiger partial charge in [0.1, 0.15) is 12.4 Å². The van der Waals surface area contributed by atoms with Gasteiger partial charge in [0, 0.05) is 17.8 Å². The maximum absolute atomic E-state index is 13.1. The normalized spacial score (nSPS) is 10.4. The minimum atomic E-state index is -1.16. The molecule has 0 saturated carbocycles. The number of carbonyl (C=O) groups is 2. The molecule has 0 spiro atoms. The molecule has 0 radical (unpaired) electrons. The molecule has 2 N–H and O–H groups in total. The van der Waals surface area contributed by atoms with E-state index < -0.39 is 24.0 Å². The highest BCUT2D eigenvalue weighted by molar-refractivity contribution is 6.04. The quantitative estimate of drug-likeness (QED) is 0.727. The number of hydrogen-bond acceptors (Lipinski definition) is 3. The minimum Gasteiger partial charge on any atom is -0.480 e. The number of rotatable bonds is 5. The number of nitrogens with zero attached hydrogens (tertiary/aromatic N) is 1. The molecule has 0 bridgehead atoms. The van der Waals surface area contributed by atoms with Crippen LogP contribution in [-0.4, -0.2) is 21.6 Å². The summed E-state index contributed by atoms with van der Waals surface area (Å²) in [5.74, 6) is -1.92. The second kappa shape index (κ2) is 7.65. The number of aromatic nitrogens is 1. The topological polar surface area (TPSA) is 88.4 Å². The highest BCUT2D eigenvalue weighted by Crippen LogP contribution is 2.21. The average molecular weight is 366 g/mol. The molecule has 136 valence electrons. The van der Waals surface area contributed by atoms with Crippen LogP contribution in [0.3, 0.4) is 0 Å². The third kappa shape index (κ3) is 4.46. The number of halogens is 1. The Kier molecular flexibility index (Phi) is 5.12. The zero-order valence-electron chi connectivity index (χ0n) is 14.1. The summed E-state index contributed by atoms with van der Waals surface area (Å²) in [7, 11) is 0. The Labute approximate surface area is 153 Å². The highest BCUT2D eigenvalue weighted by Gasteiger charge is 2.10. The Morgan fingerprint density at radius 2 is 1.74 bits per heavy atom. The highest BCUT2D eigenvalue weighted by atomic mass is 19.1. The van der Waals surface area contributed by atoms with E-state index in [0.717, 1.165) is 15.7 Å². The lowest BCUT2D eigenvalue weighted by Gasteiger charge is -2.09. The van der Waals surface area contributed by atoms with Gasteiger partial charge in [0.05, 0.1) is 5.69 Å². The van der Waals surface area contributed by atoms with Gasteiger partial charge >= 0.3 is 5.97 Å². The summed E-state index contributed by atoms with van der Waals surface area (Å²) in [6.45, 7) is -0.497. The van der Waals surface area contributed by atoms with Crippen LogP contribution < -0.4 is 10.9 Å². The third-order valence-electron chi connectivity index (χ3n) is 3.85. The molecule has 0 unspecified atom stereocenters. The fraction of sp³-hybridized carbons (Fsp3) is 0.0500. The number of anilines is 1. The summed E-state index contributed by atoms with van der Waals surface area (Å²) >= 11 is 0. The summed E-state index contributed by atoms with van der Waals surface area (Å²) < 4.78 is 14.1. The van der Waals surface area contributed by atoms with Gasteiger partial charge in [-0.2, -0.15) is 0 Å². The van der Waals surface area contributed by atoms with E-state index in [0.29, 0.717) is 11.3 Å². The van der Waals surface area contributed by atoms with Gasteiger partial charge < -0.3 is 15.0 Å². The lowest BCUT2D eigenvalue weighted by molar-refractivity contribution is -0.137. The molecule has 0 aliphatic heterocycles. The Balaban J connectivity index is 1.82. The van der Waals surface area contributed by atoms with Crippen molar-refractivity contribution >= 4 is 17.6 Å². The number of hydrogen-bond donors (Lipinski definition) is 2. The molecule has 2 aromatic carbocycles. The molecule has 6 nitrogen and oxygen atoms in total. The molecule has 0 aliphatic rings. The van der Waals surface area contributed by atoms with E-state index in [1.165, 1.54) is 30.5 Å². The lowest BCUT2D eigenvalue weighted by Crippen LogP contribution is -2.24. The molecule has 1 heterocycles. The van der Waals surface area contributed by atoms with Crippen molar-refractivity contribution in [3.05, 3.63) is 88.6 Å². The van der Waals surface area contributed by atoms with E-state index in [2.05, 4.69) is 5.32 Å². The standard InChI is InChI=1S/C20H15FN2O4/c21-16-6-4-13(5-7-16)14-2-1-3-15(10-14)20(27)22-17-8-9-18(24)23(11-17)12-19(25)26/h1-11H,12H2,(H,22,27)(H,25,26). The molecule has 3 aromatic rings. The predicted molar refractivity (Wildman–Crippen MR) is 98.1 cm³/mol. The summed E-state index contributed by atoms with van der Waals surface area (Å²) in [6.07, 6.45) is 1.28. The van der Waals surface area contributed by atoms with Crippen molar-refractivity contribution in [1.29, 1.82) is 0 Å². The first-order chi connectivity index (χ1) is 12.9. The smallest absolute Gasteiger partial charge is 0.323 e. The van der Waals surface area contributed by atoms with Crippen LogP contribution in [0.1, 0.15) is 10.4 Å². The Hall–Kier alpha value is -3.74. The van der Waals surface area contributed by atoms with Crippen LogP contribution in [0.2, 0.25) is 0 Å². The summed E-state index contributed by atoms with van der Waals surface area (Å²) in [6, 6.07) is 15.3. The second-order valence-electron chi connectivity index (χ2n) is 5.82. The Morgan fingerprint density at radius 1 is 1.00 bits per heavy atom. The molecule has 0 saturated heterocycles. The lowest BCUT2D eigenvalue weighted by atomic mass is 10.0. The van der Waals surface area contributed by atoms with Crippen molar-refractivity contribution in [3.63, 3.8) is 0 Å². The number of nitrogens with one attached hydrogen (secondary N) is 1. The number of benzene rings is 2. The first kappa shape index (κ1) is 18.1. The minimum absolute atomic E-state index is 0.299. The van der Waals surface area contributed by atoms with Crippen molar-refractivity contribution in [2.75, 3.05) is 5.32 Å². The first-order valence-corrected chi connectivity index (χ1v) is 8.02. The number of pyridine rings is 1. The van der Waals surface area contributed by atoms with Crippen molar-refractivity contribution in [2.45, 2.75) is 6.54 Å². The van der Waals surface area contributed by atoms with Crippen LogP contribution in [0.4, 0.5) is 10.1 Å². The summed E-state index contributed by atoms with van der Waals surface area (Å²) in [5, 5.41) is 11.5. The fourth-order valence-corrected chi connectivity index (χ4v) is 2.56. The SMILES string of the molecule is O=C(O)Cn1cc(NC(=O)c2cccc(-c3ccc(F)cc3)c2)ccc1=O. The van der Waals surface area contributed by atoms with Gasteiger partial charge in [0.2, 0.25) is 0 Å². The van der Waals surface area contributed by atoms with E-state index in [4.69, 9.17) is 5.11 Å². The first-order valence-electron chi connectivity index (χ1n) is 8.02. The third-order valence-corrected chi connectivity index (χ3v) is 3.85. The van der Waals surface area contributed by atoms with Crippen LogP contribution in [0.25, 0.3) is 11.1 Å². The van der Waals surface area contributed by atoms with E-state index >= 15 is 0 Å². The van der Waals surface area contributed by atoms with Crippen molar-refractivity contribution in [3.8, 4) is 11.1 Å². The molecular formula is C20H15FN2O4. The number of carboxylic acids is 1. The molecular weight excluding hydrogens is 351 g/mol. The van der Waals surface area contributed by atoms with Gasteiger partial charge in [-0.25, -0.2) is 4.39 Å². The molecule has 0 atom stereocenters. The van der Waals surface area contributed by atoms with Gasteiger partial charge in [-0.1, -0.05) is 24.3 Å². The molecule has 1 amide bonds. The predicted octanol–water partition coefficient (Wildman–Crippen LogP) is 2.99. The number of aliphatic carboxylic acids is 1. The van der Waals surface area contributed by atoms with Crippen LogP contribution >= 0.6 is 0 Å². The van der Waals surface area contributed by atoms with E-state index in [1.807, 2.05) is 0 Å². The molecule has 0 fully saturated rings. The van der Waals surface area contributed by atoms with E-state index in [-0.39, 0.29) is 5.82 Å². The number of amides is 1. The van der Waals surface area contributed by atoms with E-state index in [9.17, 15) is 18.8 Å². The van der Waals surface area contributed by atoms with Crippen molar-refractivity contribution < 1.29 is 19.1 Å². The zero-order valence-corrected chi connectivity index (χ0v) is 14.1. The molecule has 1 aromatic heterocycles. The van der Waals surface area contributed by atoms with Gasteiger partial charge in [-0.05, 0) is 41.5 Å². The fourth-order valence-electron chi connectivity index (χ4n) is 2.56. The molecule has 7 heteroatoms. The summed E-state index contributed by atoms with van der Waals surface area (Å²) in [5.41, 5.74) is 1.70. The molecule has 27 heavy (non-hydrogen) atoms. The number of carboxylic acid groups (broad SMARTS) is 1. The van der Waals surface area contributed by atoms with Crippen molar-refractivity contribution in [1.82, 2.24) is 4.57 Å². The van der Waals surface area contributed by atoms with Crippen LogP contribution in [0.5, 0.6) is 0 Å². The van der Waals surface area contributed by atoms with Gasteiger partial charge in [-0.15, -0.1) is 0 Å². The van der Waals surface area contributed by atoms with Crippen LogP contribution in [-0.2, 0) is 11.3 Å². The largest absolute Gasteiger partial charge is 0.480 e.